The molecule has 4 nitrogen and oxygen atoms in total. The Labute approximate surface area is 99.9 Å². The van der Waals surface area contributed by atoms with E-state index in [2.05, 4.69) is 26.0 Å². The van der Waals surface area contributed by atoms with Gasteiger partial charge in [0.15, 0.2) is 0 Å². The summed E-state index contributed by atoms with van der Waals surface area (Å²) < 4.78 is 17.4. The van der Waals surface area contributed by atoms with Crippen molar-refractivity contribution in [3.05, 3.63) is 29.6 Å². The highest BCUT2D eigenvalue weighted by atomic mass is 79.9. The highest BCUT2D eigenvalue weighted by Gasteiger charge is 2.14. The Kier molecular flexibility index (Phi) is 4.42. The lowest BCUT2D eigenvalue weighted by Crippen LogP contribution is -2.16. The molecule has 0 fully saturated rings. The van der Waals surface area contributed by atoms with Gasteiger partial charge in [0.25, 0.3) is 0 Å². The number of anilines is 1. The van der Waals surface area contributed by atoms with Crippen molar-refractivity contribution < 1.29 is 18.7 Å². The maximum atomic E-state index is 12.9. The van der Waals surface area contributed by atoms with E-state index in [1.165, 1.54) is 13.2 Å². The maximum Gasteiger partial charge on any atom is 0.340 e. The molecule has 1 N–H and O–H groups in total. The van der Waals surface area contributed by atoms with Crippen LogP contribution in [0.4, 0.5) is 10.1 Å². The van der Waals surface area contributed by atoms with Crippen molar-refractivity contribution in [2.45, 2.75) is 0 Å². The normalized spacial score (nSPS) is 9.69. The van der Waals surface area contributed by atoms with Gasteiger partial charge < -0.3 is 10.1 Å². The van der Waals surface area contributed by atoms with Crippen molar-refractivity contribution in [1.82, 2.24) is 0 Å². The molecule has 0 atom stereocenters. The summed E-state index contributed by atoms with van der Waals surface area (Å²) in [7, 11) is 1.18. The van der Waals surface area contributed by atoms with E-state index in [9.17, 15) is 14.0 Å². The summed E-state index contributed by atoms with van der Waals surface area (Å²) in [4.78, 5) is 22.4. The Hall–Kier alpha value is -1.43. The second-order valence-electron chi connectivity index (χ2n) is 2.86. The molecule has 0 saturated carbocycles. The molecule has 0 saturated heterocycles. The number of carbonyl (C=O) groups excluding carboxylic acids is 2. The number of hydrogen-bond acceptors (Lipinski definition) is 3. The minimum Gasteiger partial charge on any atom is -0.465 e. The Morgan fingerprint density at radius 1 is 1.50 bits per heavy atom. The zero-order chi connectivity index (χ0) is 12.1. The van der Waals surface area contributed by atoms with Crippen LogP contribution in [0.15, 0.2) is 18.2 Å². The second kappa shape index (κ2) is 5.60. The van der Waals surface area contributed by atoms with Gasteiger partial charge in [0.1, 0.15) is 5.82 Å². The molecule has 0 heterocycles. The van der Waals surface area contributed by atoms with Crippen LogP contribution in [-0.4, -0.2) is 24.3 Å². The lowest BCUT2D eigenvalue weighted by atomic mass is 10.1. The number of benzene rings is 1. The highest BCUT2D eigenvalue weighted by molar-refractivity contribution is 9.09. The van der Waals surface area contributed by atoms with Gasteiger partial charge in [-0.25, -0.2) is 9.18 Å². The van der Waals surface area contributed by atoms with Gasteiger partial charge in [-0.05, 0) is 18.2 Å². The van der Waals surface area contributed by atoms with Gasteiger partial charge in [0.05, 0.1) is 23.7 Å². The van der Waals surface area contributed by atoms with Gasteiger partial charge in [0.2, 0.25) is 5.91 Å². The zero-order valence-corrected chi connectivity index (χ0v) is 10.0. The van der Waals surface area contributed by atoms with Crippen molar-refractivity contribution in [2.24, 2.45) is 0 Å². The Morgan fingerprint density at radius 2 is 2.19 bits per heavy atom. The molecule has 0 aliphatic heterocycles. The highest BCUT2D eigenvalue weighted by Crippen LogP contribution is 2.18. The van der Waals surface area contributed by atoms with E-state index in [1.807, 2.05) is 0 Å². The first-order valence-corrected chi connectivity index (χ1v) is 5.44. The lowest BCUT2D eigenvalue weighted by Gasteiger charge is -2.08. The van der Waals surface area contributed by atoms with Gasteiger partial charge in [-0.1, -0.05) is 15.9 Å². The first-order chi connectivity index (χ1) is 7.58. The van der Waals surface area contributed by atoms with Gasteiger partial charge in [-0.2, -0.15) is 0 Å². The Bertz CT molecular complexity index is 423. The quantitative estimate of drug-likeness (QED) is 0.683. The van der Waals surface area contributed by atoms with Gasteiger partial charge >= 0.3 is 5.97 Å². The van der Waals surface area contributed by atoms with Crippen LogP contribution in [0.5, 0.6) is 0 Å². The van der Waals surface area contributed by atoms with Gasteiger partial charge in [-0.3, -0.25) is 4.79 Å². The van der Waals surface area contributed by atoms with Crippen LogP contribution in [0.3, 0.4) is 0 Å². The fourth-order valence-corrected chi connectivity index (χ4v) is 1.23. The minimum absolute atomic E-state index is 0.0169. The minimum atomic E-state index is -0.704. The average molecular weight is 290 g/mol. The van der Waals surface area contributed by atoms with Crippen LogP contribution < -0.4 is 5.32 Å². The third-order valence-corrected chi connectivity index (χ3v) is 2.29. The summed E-state index contributed by atoms with van der Waals surface area (Å²) in [5, 5.41) is 2.54. The zero-order valence-electron chi connectivity index (χ0n) is 8.42. The third-order valence-electron chi connectivity index (χ3n) is 1.78. The van der Waals surface area contributed by atoms with E-state index in [-0.39, 0.29) is 22.5 Å². The maximum absolute atomic E-state index is 12.9. The van der Waals surface area contributed by atoms with Crippen molar-refractivity contribution in [3.63, 3.8) is 0 Å². The van der Waals surface area contributed by atoms with E-state index in [4.69, 9.17) is 0 Å². The molecule has 0 bridgehead atoms. The van der Waals surface area contributed by atoms with E-state index in [1.54, 1.807) is 0 Å². The number of ether oxygens (including phenoxy) is 1. The predicted molar refractivity (Wildman–Crippen MR) is 60.2 cm³/mol. The lowest BCUT2D eigenvalue weighted by molar-refractivity contribution is -0.113. The van der Waals surface area contributed by atoms with Crippen LogP contribution in [0.1, 0.15) is 10.4 Å². The molecular formula is C10H9BrFNO3. The molecule has 0 aliphatic carbocycles. The van der Waals surface area contributed by atoms with Crippen LogP contribution in [0.2, 0.25) is 0 Å². The molecule has 0 aliphatic rings. The summed E-state index contributed by atoms with van der Waals surface area (Å²) in [6, 6.07) is 3.47. The molecule has 1 aromatic carbocycles. The summed E-state index contributed by atoms with van der Waals surface area (Å²) in [5.74, 6) is -1.61. The third kappa shape index (κ3) is 3.03. The molecule has 1 amide bonds. The molecule has 1 aromatic rings. The van der Waals surface area contributed by atoms with Crippen LogP contribution in [0, 0.1) is 5.82 Å². The van der Waals surface area contributed by atoms with E-state index >= 15 is 0 Å². The smallest absolute Gasteiger partial charge is 0.340 e. The van der Waals surface area contributed by atoms with Crippen LogP contribution in [0.25, 0.3) is 0 Å². The Morgan fingerprint density at radius 3 is 2.75 bits per heavy atom. The molecular weight excluding hydrogens is 281 g/mol. The first kappa shape index (κ1) is 12.6. The van der Waals surface area contributed by atoms with Crippen molar-refractivity contribution in [3.8, 4) is 0 Å². The number of alkyl halides is 1. The monoisotopic (exact) mass is 289 g/mol. The number of hydrogen-bond donors (Lipinski definition) is 1. The van der Waals surface area contributed by atoms with E-state index in [0.717, 1.165) is 12.1 Å². The molecule has 0 spiro atoms. The number of carbonyl (C=O) groups is 2. The summed E-state index contributed by atoms with van der Waals surface area (Å²) in [6.45, 7) is 0. The molecule has 0 radical (unpaired) electrons. The first-order valence-electron chi connectivity index (χ1n) is 4.32. The van der Waals surface area contributed by atoms with Crippen molar-refractivity contribution in [1.29, 1.82) is 0 Å². The molecule has 0 aromatic heterocycles. The summed E-state index contributed by atoms with van der Waals surface area (Å²) >= 11 is 2.96. The predicted octanol–water partition coefficient (Wildman–Crippen LogP) is 1.95. The van der Waals surface area contributed by atoms with Gasteiger partial charge in [0, 0.05) is 0 Å². The van der Waals surface area contributed by atoms with Crippen molar-refractivity contribution >= 4 is 33.5 Å². The topological polar surface area (TPSA) is 55.4 Å². The Balaban J connectivity index is 3.07. The van der Waals surface area contributed by atoms with Crippen molar-refractivity contribution in [2.75, 3.05) is 17.8 Å². The molecule has 0 unspecified atom stereocenters. The number of amides is 1. The number of methoxy groups -OCH3 is 1. The van der Waals surface area contributed by atoms with Gasteiger partial charge in [-0.15, -0.1) is 0 Å². The number of esters is 1. The SMILES string of the molecule is COC(=O)c1cc(F)ccc1NC(=O)CBr. The number of rotatable bonds is 3. The average Bonchev–Trinajstić information content (AvgIpc) is 2.30. The van der Waals surface area contributed by atoms with E-state index in [0.29, 0.717) is 0 Å². The number of nitrogens with one attached hydrogen (secondary N) is 1. The van der Waals surface area contributed by atoms with E-state index < -0.39 is 11.8 Å². The summed E-state index contributed by atoms with van der Waals surface area (Å²) in [6.07, 6.45) is 0. The number of halogens is 2. The molecule has 16 heavy (non-hydrogen) atoms. The fourth-order valence-electron chi connectivity index (χ4n) is 1.09. The molecule has 6 heteroatoms. The second-order valence-corrected chi connectivity index (χ2v) is 3.42. The summed E-state index contributed by atoms with van der Waals surface area (Å²) in [5.41, 5.74) is 0.203. The van der Waals surface area contributed by atoms with Crippen LogP contribution >= 0.6 is 15.9 Å². The largest absolute Gasteiger partial charge is 0.465 e. The molecule has 86 valence electrons. The fraction of sp³-hybridized carbons (Fsp3) is 0.200. The van der Waals surface area contributed by atoms with Crippen LogP contribution in [-0.2, 0) is 9.53 Å². The standard InChI is InChI=1S/C10H9BrFNO3/c1-16-10(15)7-4-6(12)2-3-8(7)13-9(14)5-11/h2-4H,5H2,1H3,(H,13,14). The molecule has 1 rings (SSSR count).